The van der Waals surface area contributed by atoms with Crippen LogP contribution in [0.3, 0.4) is 0 Å². The van der Waals surface area contributed by atoms with Crippen molar-refractivity contribution in [2.45, 2.75) is 18.9 Å². The summed E-state index contributed by atoms with van der Waals surface area (Å²) in [6, 6.07) is 20.1. The molecule has 0 saturated heterocycles. The van der Waals surface area contributed by atoms with Crippen molar-refractivity contribution < 1.29 is 14.3 Å². The van der Waals surface area contributed by atoms with Gasteiger partial charge in [0.15, 0.2) is 0 Å². The van der Waals surface area contributed by atoms with E-state index in [9.17, 15) is 9.59 Å². The van der Waals surface area contributed by atoms with Crippen LogP contribution < -0.4 is 20.3 Å². The summed E-state index contributed by atoms with van der Waals surface area (Å²) >= 11 is 1.66. The fourth-order valence-electron chi connectivity index (χ4n) is 4.10. The summed E-state index contributed by atoms with van der Waals surface area (Å²) in [5.41, 5.74) is 3.50. The number of methoxy groups -OCH3 is 1. The number of carbonyl (C=O) groups is 2. The first-order valence-electron chi connectivity index (χ1n) is 10.7. The number of hydrogen-bond donors (Lipinski definition) is 2. The Bertz CT molecular complexity index is 1070. The van der Waals surface area contributed by atoms with Crippen LogP contribution in [0.2, 0.25) is 0 Å². The average molecular weight is 450 g/mol. The molecule has 3 aromatic rings. The zero-order chi connectivity index (χ0) is 22.3. The van der Waals surface area contributed by atoms with E-state index in [0.29, 0.717) is 19.5 Å². The summed E-state index contributed by atoms with van der Waals surface area (Å²) in [5.74, 6) is -0.457. The fourth-order valence-corrected chi connectivity index (χ4v) is 4.94. The van der Waals surface area contributed by atoms with Crippen LogP contribution in [0.15, 0.2) is 66.0 Å². The molecular formula is C25H27N3O3S. The molecule has 0 spiro atoms. The van der Waals surface area contributed by atoms with Crippen LogP contribution in [0.5, 0.6) is 5.75 Å². The highest BCUT2D eigenvalue weighted by Gasteiger charge is 2.28. The predicted octanol–water partition coefficient (Wildman–Crippen LogP) is 3.34. The van der Waals surface area contributed by atoms with E-state index in [2.05, 4.69) is 39.8 Å². The topological polar surface area (TPSA) is 70.7 Å². The van der Waals surface area contributed by atoms with E-state index in [4.69, 9.17) is 4.74 Å². The normalized spacial score (nSPS) is 13.3. The van der Waals surface area contributed by atoms with Crippen LogP contribution in [0.1, 0.15) is 22.0 Å². The van der Waals surface area contributed by atoms with Gasteiger partial charge in [0.25, 0.3) is 0 Å². The second-order valence-corrected chi connectivity index (χ2v) is 8.61. The van der Waals surface area contributed by atoms with Crippen molar-refractivity contribution in [3.63, 3.8) is 0 Å². The standard InChI is InChI=1S/C25H27N3O3S/c1-31-22-10-5-3-8-19(22)12-14-26-24(29)25(30)27-17-21(23-11-6-16-32-23)28-15-13-18-7-2-4-9-20(18)28/h2-11,16,21H,12-15,17H2,1H3,(H,26,29)(H,27,30)/t21-/m1/s1. The number of hydrogen-bond acceptors (Lipinski definition) is 5. The molecule has 1 atom stereocenters. The number of amides is 2. The third-order valence-electron chi connectivity index (χ3n) is 5.71. The molecule has 0 aliphatic carbocycles. The maximum atomic E-state index is 12.5. The maximum absolute atomic E-state index is 12.5. The van der Waals surface area contributed by atoms with Gasteiger partial charge in [0.1, 0.15) is 5.75 Å². The summed E-state index contributed by atoms with van der Waals surface area (Å²) in [6.45, 7) is 1.62. The molecule has 2 amide bonds. The molecule has 1 aliphatic rings. The fraction of sp³-hybridized carbons (Fsp3) is 0.280. The third kappa shape index (κ3) is 4.94. The van der Waals surface area contributed by atoms with Crippen molar-refractivity contribution in [1.29, 1.82) is 0 Å². The summed E-state index contributed by atoms with van der Waals surface area (Å²) in [6.07, 6.45) is 1.57. The monoisotopic (exact) mass is 449 g/mol. The Balaban J connectivity index is 1.34. The molecule has 1 aliphatic heterocycles. The van der Waals surface area contributed by atoms with Crippen molar-refractivity contribution in [2.24, 2.45) is 0 Å². The maximum Gasteiger partial charge on any atom is 0.309 e. The van der Waals surface area contributed by atoms with Gasteiger partial charge in [-0.1, -0.05) is 42.5 Å². The molecule has 7 heteroatoms. The first-order chi connectivity index (χ1) is 15.7. The van der Waals surface area contributed by atoms with Gasteiger partial charge < -0.3 is 20.3 Å². The Morgan fingerprint density at radius 3 is 2.62 bits per heavy atom. The molecule has 0 unspecified atom stereocenters. The van der Waals surface area contributed by atoms with E-state index < -0.39 is 11.8 Å². The van der Waals surface area contributed by atoms with Gasteiger partial charge in [-0.3, -0.25) is 9.59 Å². The summed E-state index contributed by atoms with van der Waals surface area (Å²) < 4.78 is 5.33. The lowest BCUT2D eigenvalue weighted by Crippen LogP contribution is -2.44. The zero-order valence-electron chi connectivity index (χ0n) is 18.0. The van der Waals surface area contributed by atoms with Crippen molar-refractivity contribution in [1.82, 2.24) is 10.6 Å². The lowest BCUT2D eigenvalue weighted by atomic mass is 10.1. The van der Waals surface area contributed by atoms with Gasteiger partial charge in [-0.25, -0.2) is 0 Å². The number of fused-ring (bicyclic) bond motifs is 1. The van der Waals surface area contributed by atoms with Crippen LogP contribution >= 0.6 is 11.3 Å². The van der Waals surface area contributed by atoms with Crippen molar-refractivity contribution in [3.05, 3.63) is 82.0 Å². The number of ether oxygens (including phenoxy) is 1. The quantitative estimate of drug-likeness (QED) is 0.518. The molecule has 0 saturated carbocycles. The summed E-state index contributed by atoms with van der Waals surface area (Å²) in [5, 5.41) is 7.59. The Morgan fingerprint density at radius 2 is 1.81 bits per heavy atom. The van der Waals surface area contributed by atoms with Crippen molar-refractivity contribution in [3.8, 4) is 5.75 Å². The Kier molecular flexibility index (Phi) is 7.07. The number of nitrogens with one attached hydrogen (secondary N) is 2. The summed E-state index contributed by atoms with van der Waals surface area (Å²) in [4.78, 5) is 28.3. The second-order valence-electron chi connectivity index (χ2n) is 7.63. The first kappa shape index (κ1) is 21.9. The molecule has 0 fully saturated rings. The Labute approximate surface area is 192 Å². The molecule has 2 heterocycles. The highest BCUT2D eigenvalue weighted by Crippen LogP contribution is 2.36. The summed E-state index contributed by atoms with van der Waals surface area (Å²) in [7, 11) is 1.62. The van der Waals surface area contributed by atoms with Gasteiger partial charge in [0.05, 0.1) is 13.2 Å². The van der Waals surface area contributed by atoms with E-state index in [0.717, 1.165) is 24.3 Å². The molecule has 166 valence electrons. The average Bonchev–Trinajstić information content (AvgIpc) is 3.50. The number of carbonyl (C=O) groups excluding carboxylic acids is 2. The number of benzene rings is 2. The molecular weight excluding hydrogens is 422 g/mol. The molecule has 32 heavy (non-hydrogen) atoms. The van der Waals surface area contributed by atoms with Gasteiger partial charge in [-0.05, 0) is 47.5 Å². The number of anilines is 1. The smallest absolute Gasteiger partial charge is 0.309 e. The Morgan fingerprint density at radius 1 is 1.03 bits per heavy atom. The number of rotatable bonds is 8. The van der Waals surface area contributed by atoms with Crippen LogP contribution in [0.4, 0.5) is 5.69 Å². The second kappa shape index (κ2) is 10.3. The number of thiophene rings is 1. The van der Waals surface area contributed by atoms with Gasteiger partial charge in [-0.15, -0.1) is 11.3 Å². The van der Waals surface area contributed by atoms with Crippen LogP contribution in [-0.4, -0.2) is 38.6 Å². The lowest BCUT2D eigenvalue weighted by Gasteiger charge is -2.30. The molecule has 0 bridgehead atoms. The van der Waals surface area contributed by atoms with E-state index in [-0.39, 0.29) is 6.04 Å². The highest BCUT2D eigenvalue weighted by molar-refractivity contribution is 7.10. The largest absolute Gasteiger partial charge is 0.496 e. The van der Waals surface area contributed by atoms with E-state index in [1.54, 1.807) is 18.4 Å². The van der Waals surface area contributed by atoms with Gasteiger partial charge in [0.2, 0.25) is 0 Å². The van der Waals surface area contributed by atoms with E-state index in [1.165, 1.54) is 16.1 Å². The van der Waals surface area contributed by atoms with Crippen molar-refractivity contribution in [2.75, 3.05) is 31.6 Å². The SMILES string of the molecule is COc1ccccc1CCNC(=O)C(=O)NC[C@H](c1cccs1)N1CCc2ccccc21. The molecule has 1 aromatic heterocycles. The van der Waals surface area contributed by atoms with Gasteiger partial charge >= 0.3 is 11.8 Å². The molecule has 2 aromatic carbocycles. The van der Waals surface area contributed by atoms with E-state index >= 15 is 0 Å². The van der Waals surface area contributed by atoms with Crippen LogP contribution in [0, 0.1) is 0 Å². The zero-order valence-corrected chi connectivity index (χ0v) is 18.9. The molecule has 6 nitrogen and oxygen atoms in total. The molecule has 0 radical (unpaired) electrons. The predicted molar refractivity (Wildman–Crippen MR) is 127 cm³/mol. The van der Waals surface area contributed by atoms with Crippen LogP contribution in [-0.2, 0) is 22.4 Å². The first-order valence-corrected chi connectivity index (χ1v) is 11.6. The minimum absolute atomic E-state index is 0.0102. The number of para-hydroxylation sites is 2. The molecule has 4 rings (SSSR count). The number of nitrogens with zero attached hydrogens (tertiary/aromatic N) is 1. The Hall–Kier alpha value is -3.32. The van der Waals surface area contributed by atoms with Gasteiger partial charge in [-0.2, -0.15) is 0 Å². The minimum Gasteiger partial charge on any atom is -0.496 e. The minimum atomic E-state index is -0.619. The van der Waals surface area contributed by atoms with Crippen molar-refractivity contribution >= 4 is 28.8 Å². The van der Waals surface area contributed by atoms with E-state index in [1.807, 2.05) is 41.8 Å². The van der Waals surface area contributed by atoms with Crippen LogP contribution in [0.25, 0.3) is 0 Å². The highest BCUT2D eigenvalue weighted by atomic mass is 32.1. The lowest BCUT2D eigenvalue weighted by molar-refractivity contribution is -0.139. The molecule has 2 N–H and O–H groups in total. The van der Waals surface area contributed by atoms with Gasteiger partial charge in [0, 0.05) is 30.2 Å². The third-order valence-corrected chi connectivity index (χ3v) is 6.68.